The van der Waals surface area contributed by atoms with Crippen LogP contribution in [0.15, 0.2) is 22.7 Å². The lowest BCUT2D eigenvalue weighted by molar-refractivity contribution is 0.199. The van der Waals surface area contributed by atoms with Crippen LogP contribution in [0, 0.1) is 0 Å². The van der Waals surface area contributed by atoms with Crippen LogP contribution in [-0.2, 0) is 11.3 Å². The molecule has 1 aromatic rings. The molecule has 2 rings (SSSR count). The Kier molecular flexibility index (Phi) is 5.47. The molecule has 0 aliphatic carbocycles. The van der Waals surface area contributed by atoms with E-state index in [4.69, 9.17) is 4.74 Å². The average molecular weight is 313 g/mol. The second-order valence-corrected chi connectivity index (χ2v) is 5.55. The number of benzene rings is 1. The fourth-order valence-electron chi connectivity index (χ4n) is 2.36. The highest BCUT2D eigenvalue weighted by Gasteiger charge is 2.15. The van der Waals surface area contributed by atoms with Crippen LogP contribution < -0.4 is 10.2 Å². The molecule has 0 saturated carbocycles. The topological polar surface area (TPSA) is 24.5 Å². The molecule has 3 nitrogen and oxygen atoms in total. The number of anilines is 1. The molecule has 18 heavy (non-hydrogen) atoms. The van der Waals surface area contributed by atoms with E-state index in [9.17, 15) is 0 Å². The van der Waals surface area contributed by atoms with Gasteiger partial charge < -0.3 is 15.0 Å². The Labute approximate surface area is 118 Å². The number of methoxy groups -OCH3 is 1. The number of ether oxygens (including phenoxy) is 1. The predicted molar refractivity (Wildman–Crippen MR) is 79.2 cm³/mol. The number of nitrogens with one attached hydrogen (secondary N) is 1. The Bertz CT molecular complexity index is 378. The first-order valence-corrected chi connectivity index (χ1v) is 7.33. The largest absolute Gasteiger partial charge is 0.383 e. The maximum atomic E-state index is 5.05. The van der Waals surface area contributed by atoms with Crippen LogP contribution in [0.2, 0.25) is 0 Å². The summed E-state index contributed by atoms with van der Waals surface area (Å²) in [5, 5.41) is 3.42. The molecule has 1 aromatic carbocycles. The monoisotopic (exact) mass is 312 g/mol. The Balaban J connectivity index is 2.03. The summed E-state index contributed by atoms with van der Waals surface area (Å²) in [5.41, 5.74) is 2.74. The summed E-state index contributed by atoms with van der Waals surface area (Å²) in [6.07, 6.45) is 2.62. The number of halogens is 1. The van der Waals surface area contributed by atoms with E-state index in [2.05, 4.69) is 44.3 Å². The molecule has 0 unspecified atom stereocenters. The van der Waals surface area contributed by atoms with E-state index in [0.29, 0.717) is 0 Å². The number of nitrogens with zero attached hydrogens (tertiary/aromatic N) is 1. The van der Waals surface area contributed by atoms with Crippen LogP contribution in [0.25, 0.3) is 0 Å². The van der Waals surface area contributed by atoms with Gasteiger partial charge in [0.05, 0.1) is 6.61 Å². The van der Waals surface area contributed by atoms with Gasteiger partial charge in [0.15, 0.2) is 0 Å². The van der Waals surface area contributed by atoms with Crippen molar-refractivity contribution >= 4 is 21.6 Å². The van der Waals surface area contributed by atoms with Gasteiger partial charge in [0.2, 0.25) is 0 Å². The van der Waals surface area contributed by atoms with Gasteiger partial charge in [-0.2, -0.15) is 0 Å². The maximum Gasteiger partial charge on any atom is 0.0587 e. The zero-order chi connectivity index (χ0) is 12.8. The van der Waals surface area contributed by atoms with Crippen molar-refractivity contribution in [3.05, 3.63) is 28.2 Å². The first-order chi connectivity index (χ1) is 8.81. The average Bonchev–Trinajstić information content (AvgIpc) is 2.88. The summed E-state index contributed by atoms with van der Waals surface area (Å²) in [6.45, 7) is 4.92. The summed E-state index contributed by atoms with van der Waals surface area (Å²) in [4.78, 5) is 2.49. The second kappa shape index (κ2) is 7.12. The SMILES string of the molecule is COCCNCc1cc(Br)ccc1N1CCCC1. The van der Waals surface area contributed by atoms with Crippen LogP contribution >= 0.6 is 15.9 Å². The van der Waals surface area contributed by atoms with Crippen LogP contribution in [0.5, 0.6) is 0 Å². The van der Waals surface area contributed by atoms with Crippen LogP contribution in [-0.4, -0.2) is 33.4 Å². The maximum absolute atomic E-state index is 5.05. The number of hydrogen-bond acceptors (Lipinski definition) is 3. The van der Waals surface area contributed by atoms with Gasteiger partial charge >= 0.3 is 0 Å². The van der Waals surface area contributed by atoms with Crippen molar-refractivity contribution in [1.82, 2.24) is 5.32 Å². The van der Waals surface area contributed by atoms with E-state index in [1.807, 2.05) is 0 Å². The smallest absolute Gasteiger partial charge is 0.0587 e. The van der Waals surface area contributed by atoms with Crippen LogP contribution in [0.1, 0.15) is 18.4 Å². The van der Waals surface area contributed by atoms with Gasteiger partial charge in [-0.3, -0.25) is 0 Å². The third-order valence-electron chi connectivity index (χ3n) is 3.29. The highest BCUT2D eigenvalue weighted by molar-refractivity contribution is 9.10. The molecular weight excluding hydrogens is 292 g/mol. The third kappa shape index (κ3) is 3.70. The van der Waals surface area contributed by atoms with Gasteiger partial charge in [-0.05, 0) is 36.6 Å². The van der Waals surface area contributed by atoms with E-state index >= 15 is 0 Å². The highest BCUT2D eigenvalue weighted by Crippen LogP contribution is 2.27. The van der Waals surface area contributed by atoms with Gasteiger partial charge in [0.1, 0.15) is 0 Å². The van der Waals surface area contributed by atoms with Crippen molar-refractivity contribution in [1.29, 1.82) is 0 Å². The molecule has 1 aliphatic rings. The van der Waals surface area contributed by atoms with Gasteiger partial charge in [-0.1, -0.05) is 15.9 Å². The van der Waals surface area contributed by atoms with Crippen LogP contribution in [0.3, 0.4) is 0 Å². The first-order valence-electron chi connectivity index (χ1n) is 6.54. The molecule has 1 aliphatic heterocycles. The fourth-order valence-corrected chi connectivity index (χ4v) is 2.77. The Hall–Kier alpha value is -0.580. The predicted octanol–water partition coefficient (Wildman–Crippen LogP) is 2.79. The Morgan fingerprint density at radius 1 is 1.33 bits per heavy atom. The molecule has 0 spiro atoms. The van der Waals surface area contributed by atoms with Gasteiger partial charge in [-0.15, -0.1) is 0 Å². The molecule has 1 heterocycles. The quantitative estimate of drug-likeness (QED) is 0.817. The fraction of sp³-hybridized carbons (Fsp3) is 0.571. The van der Waals surface area contributed by atoms with E-state index in [0.717, 1.165) is 24.2 Å². The minimum Gasteiger partial charge on any atom is -0.383 e. The highest BCUT2D eigenvalue weighted by atomic mass is 79.9. The second-order valence-electron chi connectivity index (χ2n) is 4.64. The molecule has 1 N–H and O–H groups in total. The van der Waals surface area contributed by atoms with E-state index in [1.54, 1.807) is 7.11 Å². The number of hydrogen-bond donors (Lipinski definition) is 1. The summed E-state index contributed by atoms with van der Waals surface area (Å²) < 4.78 is 6.20. The van der Waals surface area contributed by atoms with Gasteiger partial charge in [-0.25, -0.2) is 0 Å². The molecule has 0 amide bonds. The molecule has 0 radical (unpaired) electrons. The molecule has 1 fully saturated rings. The molecular formula is C14H21BrN2O. The van der Waals surface area contributed by atoms with Crippen molar-refractivity contribution in [2.45, 2.75) is 19.4 Å². The van der Waals surface area contributed by atoms with Crippen LogP contribution in [0.4, 0.5) is 5.69 Å². The summed E-state index contributed by atoms with van der Waals surface area (Å²) in [7, 11) is 1.73. The summed E-state index contributed by atoms with van der Waals surface area (Å²) in [5.74, 6) is 0. The minimum atomic E-state index is 0.757. The van der Waals surface area contributed by atoms with Gasteiger partial charge in [0.25, 0.3) is 0 Å². The Morgan fingerprint density at radius 3 is 2.83 bits per heavy atom. The van der Waals surface area contributed by atoms with Crippen molar-refractivity contribution in [2.75, 3.05) is 38.3 Å². The van der Waals surface area contributed by atoms with E-state index in [1.165, 1.54) is 37.2 Å². The number of rotatable bonds is 6. The van der Waals surface area contributed by atoms with Crippen molar-refractivity contribution in [3.63, 3.8) is 0 Å². The van der Waals surface area contributed by atoms with Crippen molar-refractivity contribution < 1.29 is 4.74 Å². The molecule has 1 saturated heterocycles. The Morgan fingerprint density at radius 2 is 2.11 bits per heavy atom. The lowest BCUT2D eigenvalue weighted by Crippen LogP contribution is -2.23. The lowest BCUT2D eigenvalue weighted by Gasteiger charge is -2.22. The normalized spacial score (nSPS) is 15.3. The zero-order valence-electron chi connectivity index (χ0n) is 10.9. The van der Waals surface area contributed by atoms with Gasteiger partial charge in [0, 0.05) is 43.4 Å². The molecule has 100 valence electrons. The molecule has 0 atom stereocenters. The lowest BCUT2D eigenvalue weighted by atomic mass is 10.1. The van der Waals surface area contributed by atoms with Crippen molar-refractivity contribution in [2.24, 2.45) is 0 Å². The summed E-state index contributed by atoms with van der Waals surface area (Å²) in [6, 6.07) is 6.57. The third-order valence-corrected chi connectivity index (χ3v) is 3.78. The molecule has 0 bridgehead atoms. The first kappa shape index (κ1) is 13.8. The standard InChI is InChI=1S/C14H21BrN2O/c1-18-9-6-16-11-12-10-13(15)4-5-14(12)17-7-2-3-8-17/h4-5,10,16H,2-3,6-9,11H2,1H3. The van der Waals surface area contributed by atoms with Crippen molar-refractivity contribution in [3.8, 4) is 0 Å². The summed E-state index contributed by atoms with van der Waals surface area (Å²) >= 11 is 3.56. The van der Waals surface area contributed by atoms with E-state index < -0.39 is 0 Å². The zero-order valence-corrected chi connectivity index (χ0v) is 12.5. The minimum absolute atomic E-state index is 0.757. The molecule has 4 heteroatoms. The molecule has 0 aromatic heterocycles. The van der Waals surface area contributed by atoms with E-state index in [-0.39, 0.29) is 0 Å².